The smallest absolute Gasteiger partial charge is 0.421 e. The van der Waals surface area contributed by atoms with Crippen molar-refractivity contribution < 1.29 is 27.9 Å². The van der Waals surface area contributed by atoms with E-state index < -0.39 is 23.7 Å². The molecule has 34 heavy (non-hydrogen) atoms. The van der Waals surface area contributed by atoms with Crippen LogP contribution in [0.25, 0.3) is 0 Å². The lowest BCUT2D eigenvalue weighted by Crippen LogP contribution is -2.63. The Hall–Kier alpha value is -3.24. The zero-order chi connectivity index (χ0) is 24.5. The van der Waals surface area contributed by atoms with Gasteiger partial charge in [0.15, 0.2) is 0 Å². The molecule has 2 aromatic carbocycles. The number of nitrogens with zero attached hydrogens (tertiary/aromatic N) is 2. The Labute approximate surface area is 198 Å². The fourth-order valence-electron chi connectivity index (χ4n) is 4.12. The largest absolute Gasteiger partial charge is 0.465 e. The summed E-state index contributed by atoms with van der Waals surface area (Å²) < 4.78 is 42.2. The van der Waals surface area contributed by atoms with Gasteiger partial charge in [0.2, 0.25) is 5.54 Å². The van der Waals surface area contributed by atoms with Crippen LogP contribution in [0.2, 0.25) is 5.02 Å². The van der Waals surface area contributed by atoms with Gasteiger partial charge in [-0.2, -0.15) is 13.2 Å². The van der Waals surface area contributed by atoms with Gasteiger partial charge in [-0.25, -0.2) is 10.2 Å². The lowest BCUT2D eigenvalue weighted by atomic mass is 9.89. The average Bonchev–Trinajstić information content (AvgIpc) is 3.27. The molecule has 2 aromatic rings. The summed E-state index contributed by atoms with van der Waals surface area (Å²) in [5.41, 5.74) is 0.701. The van der Waals surface area contributed by atoms with Gasteiger partial charge in [0.25, 0.3) is 5.91 Å². The fourth-order valence-corrected chi connectivity index (χ4v) is 4.35. The zero-order valence-corrected chi connectivity index (χ0v) is 18.6. The van der Waals surface area contributed by atoms with Crippen LogP contribution in [0, 0.1) is 0 Å². The number of hydrazine groups is 1. The van der Waals surface area contributed by atoms with Crippen molar-refractivity contribution in [1.29, 1.82) is 0 Å². The molecule has 1 fully saturated rings. The van der Waals surface area contributed by atoms with Crippen molar-refractivity contribution in [2.45, 2.75) is 30.5 Å². The molecule has 1 atom stereocenters. The summed E-state index contributed by atoms with van der Waals surface area (Å²) in [6, 6.07) is 12.9. The molecule has 1 unspecified atom stereocenters. The first-order chi connectivity index (χ1) is 16.1. The Balaban J connectivity index is 1.47. The third kappa shape index (κ3) is 4.55. The minimum atomic E-state index is -4.93. The molecule has 0 aliphatic carbocycles. The number of amides is 2. The number of halogens is 4. The first kappa shape index (κ1) is 23.9. The van der Waals surface area contributed by atoms with Crippen LogP contribution >= 0.6 is 11.6 Å². The van der Waals surface area contributed by atoms with Crippen LogP contribution in [-0.4, -0.2) is 46.8 Å². The highest BCUT2D eigenvalue weighted by Gasteiger charge is 2.62. The molecule has 1 saturated heterocycles. The van der Waals surface area contributed by atoms with E-state index in [1.54, 1.807) is 36.4 Å². The van der Waals surface area contributed by atoms with E-state index in [1.165, 1.54) is 17.0 Å². The van der Waals surface area contributed by atoms with E-state index in [4.69, 9.17) is 16.7 Å². The quantitative estimate of drug-likeness (QED) is 0.558. The second-order valence-electron chi connectivity index (χ2n) is 8.17. The molecule has 2 aliphatic rings. The topological polar surface area (TPSA) is 84.9 Å². The van der Waals surface area contributed by atoms with Gasteiger partial charge in [0, 0.05) is 25.0 Å². The number of para-hydroxylation sites is 1. The molecule has 11 heteroatoms. The molecular formula is C23H22ClF3N4O3. The van der Waals surface area contributed by atoms with E-state index >= 15 is 0 Å². The SMILES string of the molecule is O=C(O)N1CCC(c2ccc(NC(=O)C3(C(F)(F)F)C=CN(c4ccccc4Cl)N3)cc2)CC1. The van der Waals surface area contributed by atoms with Crippen molar-refractivity contribution in [3.05, 3.63) is 71.4 Å². The summed E-state index contributed by atoms with van der Waals surface area (Å²) in [7, 11) is 0. The zero-order valence-electron chi connectivity index (χ0n) is 17.8. The minimum absolute atomic E-state index is 0.144. The second-order valence-corrected chi connectivity index (χ2v) is 8.58. The predicted molar refractivity (Wildman–Crippen MR) is 122 cm³/mol. The molecule has 2 amide bonds. The van der Waals surface area contributed by atoms with Gasteiger partial charge in [0.05, 0.1) is 10.7 Å². The maximum atomic E-state index is 14.1. The van der Waals surface area contributed by atoms with Crippen LogP contribution in [-0.2, 0) is 4.79 Å². The van der Waals surface area contributed by atoms with Crippen molar-refractivity contribution >= 4 is 35.0 Å². The van der Waals surface area contributed by atoms with E-state index in [0.717, 1.165) is 22.8 Å². The van der Waals surface area contributed by atoms with E-state index in [-0.39, 0.29) is 22.3 Å². The van der Waals surface area contributed by atoms with Crippen LogP contribution < -0.4 is 15.8 Å². The third-order valence-electron chi connectivity index (χ3n) is 6.09. The molecule has 180 valence electrons. The van der Waals surface area contributed by atoms with Crippen molar-refractivity contribution in [1.82, 2.24) is 10.3 Å². The Bertz CT molecular complexity index is 1100. The first-order valence-electron chi connectivity index (χ1n) is 10.6. The van der Waals surface area contributed by atoms with Crippen LogP contribution in [0.5, 0.6) is 0 Å². The number of alkyl halides is 3. The van der Waals surface area contributed by atoms with Gasteiger partial charge in [-0.3, -0.25) is 9.80 Å². The van der Waals surface area contributed by atoms with Crippen molar-refractivity contribution in [2.24, 2.45) is 0 Å². The number of piperidine rings is 1. The summed E-state index contributed by atoms with van der Waals surface area (Å²) >= 11 is 6.09. The van der Waals surface area contributed by atoms with Gasteiger partial charge in [-0.15, -0.1) is 0 Å². The second kappa shape index (κ2) is 9.19. The number of hydrogen-bond acceptors (Lipinski definition) is 4. The van der Waals surface area contributed by atoms with E-state index in [0.29, 0.717) is 25.9 Å². The molecule has 0 bridgehead atoms. The number of carboxylic acid groups (broad SMARTS) is 1. The number of nitrogens with one attached hydrogen (secondary N) is 2. The highest BCUT2D eigenvalue weighted by Crippen LogP contribution is 2.38. The van der Waals surface area contributed by atoms with Gasteiger partial charge in [-0.05, 0) is 54.7 Å². The number of anilines is 2. The van der Waals surface area contributed by atoms with Crippen LogP contribution in [0.4, 0.5) is 29.3 Å². The Morgan fingerprint density at radius 1 is 1.09 bits per heavy atom. The molecule has 3 N–H and O–H groups in total. The normalized spacial score (nSPS) is 21.1. The molecule has 2 aliphatic heterocycles. The number of likely N-dealkylation sites (tertiary alicyclic amines) is 1. The highest BCUT2D eigenvalue weighted by molar-refractivity contribution is 6.33. The van der Waals surface area contributed by atoms with Crippen LogP contribution in [0.15, 0.2) is 60.8 Å². The van der Waals surface area contributed by atoms with Gasteiger partial charge in [0.1, 0.15) is 0 Å². The van der Waals surface area contributed by atoms with Gasteiger partial charge < -0.3 is 15.3 Å². The van der Waals surface area contributed by atoms with E-state index in [1.807, 2.05) is 0 Å². The standard InChI is InChI=1S/C23H22ClF3N4O3/c24-18-3-1-2-4-19(18)31-14-11-22(29-31,23(25,26)27)20(32)28-17-7-5-15(6-8-17)16-9-12-30(13-10-16)21(33)34/h1-8,11,14,16,29H,9-10,12-13H2,(H,28,32)(H,33,34). The number of carbonyl (C=O) groups is 2. The molecule has 0 saturated carbocycles. The molecule has 0 radical (unpaired) electrons. The highest BCUT2D eigenvalue weighted by atomic mass is 35.5. The fraction of sp³-hybridized carbons (Fsp3) is 0.304. The van der Waals surface area contributed by atoms with E-state index in [9.17, 15) is 22.8 Å². The predicted octanol–water partition coefficient (Wildman–Crippen LogP) is 4.98. The Morgan fingerprint density at radius 2 is 1.74 bits per heavy atom. The Kier molecular flexibility index (Phi) is 6.46. The van der Waals surface area contributed by atoms with Gasteiger partial charge >= 0.3 is 12.3 Å². The summed E-state index contributed by atoms with van der Waals surface area (Å²) in [5, 5.41) is 12.7. The molecule has 7 nitrogen and oxygen atoms in total. The summed E-state index contributed by atoms with van der Waals surface area (Å²) in [6.45, 7) is 0.846. The number of carbonyl (C=O) groups excluding carboxylic acids is 1. The van der Waals surface area contributed by atoms with Crippen molar-refractivity contribution in [2.75, 3.05) is 23.4 Å². The van der Waals surface area contributed by atoms with Gasteiger partial charge in [-0.1, -0.05) is 35.9 Å². The maximum absolute atomic E-state index is 14.1. The summed E-state index contributed by atoms with van der Waals surface area (Å²) in [4.78, 5) is 25.3. The Morgan fingerprint density at radius 3 is 2.32 bits per heavy atom. The number of hydrogen-bond donors (Lipinski definition) is 3. The molecule has 4 rings (SSSR count). The van der Waals surface area contributed by atoms with Crippen molar-refractivity contribution in [3.63, 3.8) is 0 Å². The molecule has 2 heterocycles. The maximum Gasteiger partial charge on any atom is 0.421 e. The van der Waals surface area contributed by atoms with E-state index in [2.05, 4.69) is 10.7 Å². The van der Waals surface area contributed by atoms with Crippen LogP contribution in [0.1, 0.15) is 24.3 Å². The number of benzene rings is 2. The summed E-state index contributed by atoms with van der Waals surface area (Å²) in [6.07, 6.45) is -2.68. The average molecular weight is 495 g/mol. The molecule has 0 aromatic heterocycles. The monoisotopic (exact) mass is 494 g/mol. The first-order valence-corrected chi connectivity index (χ1v) is 11.0. The lowest BCUT2D eigenvalue weighted by molar-refractivity contribution is -0.183. The third-order valence-corrected chi connectivity index (χ3v) is 6.41. The van der Waals surface area contributed by atoms with Crippen molar-refractivity contribution in [3.8, 4) is 0 Å². The number of rotatable bonds is 4. The lowest BCUT2D eigenvalue weighted by Gasteiger charge is -2.32. The minimum Gasteiger partial charge on any atom is -0.465 e. The molecule has 0 spiro atoms. The molecular weight excluding hydrogens is 473 g/mol. The van der Waals surface area contributed by atoms with Crippen LogP contribution in [0.3, 0.4) is 0 Å². The summed E-state index contributed by atoms with van der Waals surface area (Å²) in [5.74, 6) is -1.14.